The number of hydrogen-bond acceptors (Lipinski definition) is 4. The van der Waals surface area contributed by atoms with E-state index >= 15 is 0 Å². The zero-order valence-corrected chi connectivity index (χ0v) is 11.7. The molecule has 1 fully saturated rings. The second-order valence-corrected chi connectivity index (χ2v) is 6.47. The molecule has 96 valence electrons. The molecule has 0 saturated carbocycles. The summed E-state index contributed by atoms with van der Waals surface area (Å²) in [7, 11) is -2.62. The lowest BCUT2D eigenvalue weighted by Crippen LogP contribution is -2.58. The molecular formula is C11H24O4Si. The Hall–Kier alpha value is 0.0569. The van der Waals surface area contributed by atoms with Crippen LogP contribution in [0.2, 0.25) is 0 Å². The predicted octanol–water partition coefficient (Wildman–Crippen LogP) is 2.14. The van der Waals surface area contributed by atoms with Crippen LogP contribution in [0, 0.1) is 0 Å². The van der Waals surface area contributed by atoms with Crippen molar-refractivity contribution in [3.8, 4) is 0 Å². The normalized spacial score (nSPS) is 22.3. The Morgan fingerprint density at radius 2 is 1.56 bits per heavy atom. The molecule has 1 saturated heterocycles. The van der Waals surface area contributed by atoms with Gasteiger partial charge in [0.05, 0.1) is 0 Å². The number of hydrogen-bond donors (Lipinski definition) is 0. The molecular weight excluding hydrogens is 224 g/mol. The Bertz CT molecular complexity index is 166. The fraction of sp³-hybridized carbons (Fsp3) is 1.00. The highest BCUT2D eigenvalue weighted by molar-refractivity contribution is 6.62. The van der Waals surface area contributed by atoms with Crippen molar-refractivity contribution in [1.29, 1.82) is 0 Å². The van der Waals surface area contributed by atoms with Crippen molar-refractivity contribution >= 4 is 8.80 Å². The van der Waals surface area contributed by atoms with E-state index in [1.54, 1.807) is 0 Å². The second-order valence-electron chi connectivity index (χ2n) is 3.76. The molecule has 5 heteroatoms. The fourth-order valence-electron chi connectivity index (χ4n) is 2.03. The molecule has 0 aromatic carbocycles. The third-order valence-corrected chi connectivity index (χ3v) is 5.93. The first kappa shape index (κ1) is 14.1. The number of ether oxygens (including phenoxy) is 1. The molecule has 1 rings (SSSR count). The van der Waals surface area contributed by atoms with Gasteiger partial charge in [0.25, 0.3) is 0 Å². The summed E-state index contributed by atoms with van der Waals surface area (Å²) >= 11 is 0. The topological polar surface area (TPSA) is 36.9 Å². The van der Waals surface area contributed by atoms with Crippen LogP contribution in [0.25, 0.3) is 0 Å². The van der Waals surface area contributed by atoms with Crippen LogP contribution in [0.4, 0.5) is 0 Å². The summed E-state index contributed by atoms with van der Waals surface area (Å²) in [5.74, 6) is 0. The molecule has 0 aromatic heterocycles. The molecule has 1 aliphatic heterocycles. The third-order valence-electron chi connectivity index (χ3n) is 2.61. The van der Waals surface area contributed by atoms with Gasteiger partial charge in [-0.3, -0.25) is 0 Å². The van der Waals surface area contributed by atoms with Crippen LogP contribution in [-0.4, -0.2) is 41.0 Å². The maximum atomic E-state index is 5.82. The van der Waals surface area contributed by atoms with E-state index in [4.69, 9.17) is 18.0 Å². The highest BCUT2D eigenvalue weighted by Gasteiger charge is 2.50. The van der Waals surface area contributed by atoms with Gasteiger partial charge in [0, 0.05) is 26.4 Å². The summed E-state index contributed by atoms with van der Waals surface area (Å²) in [6, 6.07) is 0. The SMILES string of the molecule is CCO[Si](OCC)(OCC)C1CCCCO1. The van der Waals surface area contributed by atoms with Gasteiger partial charge in [0.2, 0.25) is 0 Å². The molecule has 1 aliphatic rings. The van der Waals surface area contributed by atoms with E-state index in [1.165, 1.54) is 6.42 Å². The summed E-state index contributed by atoms with van der Waals surface area (Å²) in [4.78, 5) is 0. The van der Waals surface area contributed by atoms with Gasteiger partial charge in [-0.2, -0.15) is 0 Å². The van der Waals surface area contributed by atoms with Crippen molar-refractivity contribution in [3.05, 3.63) is 0 Å². The minimum Gasteiger partial charge on any atom is -0.374 e. The van der Waals surface area contributed by atoms with E-state index in [1.807, 2.05) is 20.8 Å². The Morgan fingerprint density at radius 1 is 1.00 bits per heavy atom. The zero-order valence-electron chi connectivity index (χ0n) is 10.7. The minimum atomic E-state index is -2.62. The van der Waals surface area contributed by atoms with Crippen LogP contribution in [0.5, 0.6) is 0 Å². The minimum absolute atomic E-state index is 0.0288. The molecule has 0 amide bonds. The van der Waals surface area contributed by atoms with Crippen molar-refractivity contribution in [2.24, 2.45) is 0 Å². The lowest BCUT2D eigenvalue weighted by molar-refractivity contribution is -0.0280. The van der Waals surface area contributed by atoms with Gasteiger partial charge >= 0.3 is 8.80 Å². The standard InChI is InChI=1S/C11H24O4Si/c1-4-13-16(14-5-2,15-6-3)11-9-7-8-10-12-11/h11H,4-10H2,1-3H3. The summed E-state index contributed by atoms with van der Waals surface area (Å²) in [5, 5.41) is 0. The van der Waals surface area contributed by atoms with Crippen LogP contribution < -0.4 is 0 Å². The van der Waals surface area contributed by atoms with Crippen molar-refractivity contribution in [1.82, 2.24) is 0 Å². The van der Waals surface area contributed by atoms with Gasteiger partial charge in [0.15, 0.2) is 0 Å². The lowest BCUT2D eigenvalue weighted by Gasteiger charge is -2.36. The van der Waals surface area contributed by atoms with Crippen LogP contribution in [0.1, 0.15) is 40.0 Å². The first-order valence-electron chi connectivity index (χ1n) is 6.32. The summed E-state index contributed by atoms with van der Waals surface area (Å²) in [5.41, 5.74) is 0.0288. The molecule has 0 spiro atoms. The van der Waals surface area contributed by atoms with Crippen molar-refractivity contribution in [2.45, 2.75) is 45.8 Å². The Balaban J connectivity index is 2.70. The lowest BCUT2D eigenvalue weighted by atomic mass is 10.2. The first-order valence-corrected chi connectivity index (χ1v) is 8.12. The van der Waals surface area contributed by atoms with Gasteiger partial charge < -0.3 is 18.0 Å². The van der Waals surface area contributed by atoms with Crippen molar-refractivity contribution in [3.63, 3.8) is 0 Å². The third kappa shape index (κ3) is 3.53. The smallest absolute Gasteiger partial charge is 0.374 e. The first-order chi connectivity index (χ1) is 7.79. The zero-order chi connectivity index (χ0) is 11.9. The van der Waals surface area contributed by atoms with Crippen molar-refractivity contribution < 1.29 is 18.0 Å². The van der Waals surface area contributed by atoms with Gasteiger partial charge in [-0.05, 0) is 40.0 Å². The monoisotopic (exact) mass is 248 g/mol. The van der Waals surface area contributed by atoms with E-state index < -0.39 is 8.80 Å². The Kier molecular flexibility index (Phi) is 6.53. The predicted molar refractivity (Wildman–Crippen MR) is 64.2 cm³/mol. The summed E-state index contributed by atoms with van der Waals surface area (Å²) < 4.78 is 23.2. The largest absolute Gasteiger partial charge is 0.531 e. The van der Waals surface area contributed by atoms with Gasteiger partial charge in [0.1, 0.15) is 5.73 Å². The van der Waals surface area contributed by atoms with E-state index in [0.29, 0.717) is 19.8 Å². The molecule has 0 aromatic rings. The Labute approximate surface area is 99.6 Å². The van der Waals surface area contributed by atoms with Crippen LogP contribution in [0.15, 0.2) is 0 Å². The van der Waals surface area contributed by atoms with Crippen molar-refractivity contribution in [2.75, 3.05) is 26.4 Å². The molecule has 0 N–H and O–H groups in total. The van der Waals surface area contributed by atoms with E-state index in [-0.39, 0.29) is 5.73 Å². The van der Waals surface area contributed by atoms with Gasteiger partial charge in [-0.1, -0.05) is 0 Å². The quantitative estimate of drug-likeness (QED) is 0.647. The van der Waals surface area contributed by atoms with E-state index in [0.717, 1.165) is 19.4 Å². The molecule has 1 atom stereocenters. The maximum Gasteiger partial charge on any atom is 0.531 e. The summed E-state index contributed by atoms with van der Waals surface area (Å²) in [6.07, 6.45) is 3.30. The van der Waals surface area contributed by atoms with Crippen LogP contribution >= 0.6 is 0 Å². The van der Waals surface area contributed by atoms with Crippen LogP contribution in [-0.2, 0) is 18.0 Å². The Morgan fingerprint density at radius 3 is 1.94 bits per heavy atom. The highest BCUT2D eigenvalue weighted by atomic mass is 28.4. The molecule has 1 unspecified atom stereocenters. The molecule has 0 radical (unpaired) electrons. The van der Waals surface area contributed by atoms with Gasteiger partial charge in [-0.25, -0.2) is 0 Å². The molecule has 16 heavy (non-hydrogen) atoms. The average molecular weight is 248 g/mol. The maximum absolute atomic E-state index is 5.82. The van der Waals surface area contributed by atoms with Gasteiger partial charge in [-0.15, -0.1) is 0 Å². The molecule has 1 heterocycles. The van der Waals surface area contributed by atoms with E-state index in [2.05, 4.69) is 0 Å². The molecule has 4 nitrogen and oxygen atoms in total. The number of rotatable bonds is 7. The highest BCUT2D eigenvalue weighted by Crippen LogP contribution is 2.25. The van der Waals surface area contributed by atoms with E-state index in [9.17, 15) is 0 Å². The fourth-order valence-corrected chi connectivity index (χ4v) is 4.92. The summed E-state index contributed by atoms with van der Waals surface area (Å²) in [6.45, 7) is 8.57. The van der Waals surface area contributed by atoms with Crippen LogP contribution in [0.3, 0.4) is 0 Å². The molecule has 0 aliphatic carbocycles. The second kappa shape index (κ2) is 7.40. The molecule has 0 bridgehead atoms. The average Bonchev–Trinajstić information content (AvgIpc) is 2.31.